The van der Waals surface area contributed by atoms with E-state index in [2.05, 4.69) is 15.2 Å². The molecule has 2 amide bonds. The van der Waals surface area contributed by atoms with Crippen LogP contribution in [0.3, 0.4) is 0 Å². The monoisotopic (exact) mass is 306 g/mol. The third kappa shape index (κ3) is 3.09. The summed E-state index contributed by atoms with van der Waals surface area (Å²) in [7, 11) is 3.48. The first-order valence-corrected chi connectivity index (χ1v) is 7.58. The lowest BCUT2D eigenvalue weighted by molar-refractivity contribution is 0.0374. The van der Waals surface area contributed by atoms with Crippen molar-refractivity contribution in [2.75, 3.05) is 33.8 Å². The number of nitrogens with one attached hydrogen (secondary N) is 2. The van der Waals surface area contributed by atoms with E-state index in [1.165, 1.54) is 0 Å². The fourth-order valence-corrected chi connectivity index (χ4v) is 3.09. The van der Waals surface area contributed by atoms with Crippen molar-refractivity contribution in [1.82, 2.24) is 20.1 Å². The molecule has 0 aliphatic carbocycles. The minimum atomic E-state index is -0.318. The van der Waals surface area contributed by atoms with E-state index in [4.69, 9.17) is 4.74 Å². The van der Waals surface area contributed by atoms with Crippen LogP contribution in [-0.4, -0.2) is 66.6 Å². The van der Waals surface area contributed by atoms with E-state index in [0.29, 0.717) is 18.2 Å². The Hall–Kier alpha value is -2.02. The standard InChI is InChI=1S/C15H22N4O3/c1-18(2)14(20)12-4-3-11(16-12)7-19-6-5-10-9-22-15(21)17-13(10)8-19/h3-4,10,13,16H,5-9H2,1-2H3,(H,17,21)/t10-,13+/m1/s1. The fourth-order valence-electron chi connectivity index (χ4n) is 3.09. The Morgan fingerprint density at radius 3 is 3.05 bits per heavy atom. The predicted octanol–water partition coefficient (Wildman–Crippen LogP) is 0.647. The molecule has 2 aliphatic rings. The summed E-state index contributed by atoms with van der Waals surface area (Å²) in [6, 6.07) is 3.93. The molecule has 3 heterocycles. The van der Waals surface area contributed by atoms with Gasteiger partial charge in [0.25, 0.3) is 5.91 Å². The number of cyclic esters (lactones) is 1. The highest BCUT2D eigenvalue weighted by atomic mass is 16.6. The van der Waals surface area contributed by atoms with Gasteiger partial charge in [0.05, 0.1) is 12.6 Å². The molecule has 7 heteroatoms. The molecule has 120 valence electrons. The highest BCUT2D eigenvalue weighted by molar-refractivity contribution is 5.92. The van der Waals surface area contributed by atoms with Gasteiger partial charge in [-0.05, 0) is 25.1 Å². The van der Waals surface area contributed by atoms with Gasteiger partial charge in [-0.1, -0.05) is 0 Å². The lowest BCUT2D eigenvalue weighted by Gasteiger charge is -2.40. The van der Waals surface area contributed by atoms with Gasteiger partial charge in [-0.3, -0.25) is 9.69 Å². The quantitative estimate of drug-likeness (QED) is 0.859. The summed E-state index contributed by atoms with van der Waals surface area (Å²) in [5.74, 6) is 0.380. The van der Waals surface area contributed by atoms with Crippen LogP contribution >= 0.6 is 0 Å². The number of aromatic nitrogens is 1. The summed E-state index contributed by atoms with van der Waals surface area (Å²) in [5, 5.41) is 2.90. The Morgan fingerprint density at radius 1 is 1.45 bits per heavy atom. The number of aromatic amines is 1. The van der Waals surface area contributed by atoms with Crippen molar-refractivity contribution in [3.8, 4) is 0 Å². The maximum absolute atomic E-state index is 11.9. The maximum atomic E-state index is 11.9. The number of ether oxygens (including phenoxy) is 1. The number of hydrogen-bond donors (Lipinski definition) is 2. The molecule has 0 unspecified atom stereocenters. The van der Waals surface area contributed by atoms with Gasteiger partial charge in [-0.15, -0.1) is 0 Å². The second kappa shape index (κ2) is 6.00. The zero-order valence-corrected chi connectivity index (χ0v) is 13.0. The molecule has 0 radical (unpaired) electrons. The van der Waals surface area contributed by atoms with E-state index < -0.39 is 0 Å². The van der Waals surface area contributed by atoms with Gasteiger partial charge in [-0.25, -0.2) is 4.79 Å². The van der Waals surface area contributed by atoms with Crippen LogP contribution in [0.5, 0.6) is 0 Å². The number of piperidine rings is 1. The summed E-state index contributed by atoms with van der Waals surface area (Å²) in [6.07, 6.45) is 0.691. The molecule has 2 saturated heterocycles. The summed E-state index contributed by atoms with van der Waals surface area (Å²) in [6.45, 7) is 3.06. The lowest BCUT2D eigenvalue weighted by Crippen LogP contribution is -2.57. The fraction of sp³-hybridized carbons (Fsp3) is 0.600. The van der Waals surface area contributed by atoms with Crippen LogP contribution in [-0.2, 0) is 11.3 Å². The molecule has 0 spiro atoms. The molecule has 0 aromatic carbocycles. The molecule has 7 nitrogen and oxygen atoms in total. The number of hydrogen-bond acceptors (Lipinski definition) is 4. The molecule has 2 N–H and O–H groups in total. The number of carbonyl (C=O) groups excluding carboxylic acids is 2. The van der Waals surface area contributed by atoms with Gasteiger partial charge in [-0.2, -0.15) is 0 Å². The molecule has 0 saturated carbocycles. The number of nitrogens with zero attached hydrogens (tertiary/aromatic N) is 2. The van der Waals surface area contributed by atoms with Gasteiger partial charge in [0.15, 0.2) is 0 Å². The number of likely N-dealkylation sites (tertiary alicyclic amines) is 1. The number of fused-ring (bicyclic) bond motifs is 1. The average molecular weight is 306 g/mol. The van der Waals surface area contributed by atoms with E-state index in [-0.39, 0.29) is 18.0 Å². The zero-order valence-electron chi connectivity index (χ0n) is 13.0. The minimum absolute atomic E-state index is 0.0262. The number of alkyl carbamates (subject to hydrolysis) is 1. The predicted molar refractivity (Wildman–Crippen MR) is 80.5 cm³/mol. The number of rotatable bonds is 3. The summed E-state index contributed by atoms with van der Waals surface area (Å²) < 4.78 is 5.04. The van der Waals surface area contributed by atoms with E-state index in [1.807, 2.05) is 12.1 Å². The molecule has 0 bridgehead atoms. The minimum Gasteiger partial charge on any atom is -0.449 e. The van der Waals surface area contributed by atoms with Crippen LogP contribution in [0.4, 0.5) is 4.79 Å². The van der Waals surface area contributed by atoms with E-state index in [1.54, 1.807) is 19.0 Å². The van der Waals surface area contributed by atoms with Gasteiger partial charge in [0.2, 0.25) is 0 Å². The molecule has 2 aliphatic heterocycles. The Morgan fingerprint density at radius 2 is 2.27 bits per heavy atom. The van der Waals surface area contributed by atoms with Gasteiger partial charge >= 0.3 is 6.09 Å². The van der Waals surface area contributed by atoms with Crippen LogP contribution in [0, 0.1) is 5.92 Å². The largest absolute Gasteiger partial charge is 0.449 e. The molecule has 1 aromatic heterocycles. The molecule has 22 heavy (non-hydrogen) atoms. The topological polar surface area (TPSA) is 77.7 Å². The van der Waals surface area contributed by atoms with Crippen molar-refractivity contribution in [3.63, 3.8) is 0 Å². The molecular formula is C15H22N4O3. The van der Waals surface area contributed by atoms with Crippen LogP contribution < -0.4 is 5.32 Å². The van der Waals surface area contributed by atoms with Crippen molar-refractivity contribution in [2.24, 2.45) is 5.92 Å². The Bertz CT molecular complexity index is 569. The third-order valence-electron chi connectivity index (χ3n) is 4.35. The SMILES string of the molecule is CN(C)C(=O)c1ccc(CN2CC[C@@H]3COC(=O)N[C@H]3C2)[nH]1. The van der Waals surface area contributed by atoms with Gasteiger partial charge < -0.3 is 19.9 Å². The van der Waals surface area contributed by atoms with Crippen LogP contribution in [0.15, 0.2) is 12.1 Å². The summed E-state index contributed by atoms with van der Waals surface area (Å²) >= 11 is 0. The zero-order chi connectivity index (χ0) is 15.7. The third-order valence-corrected chi connectivity index (χ3v) is 4.35. The van der Waals surface area contributed by atoms with Crippen molar-refractivity contribution in [1.29, 1.82) is 0 Å². The van der Waals surface area contributed by atoms with Gasteiger partial charge in [0, 0.05) is 38.8 Å². The van der Waals surface area contributed by atoms with Gasteiger partial charge in [0.1, 0.15) is 5.69 Å². The van der Waals surface area contributed by atoms with Crippen molar-refractivity contribution in [3.05, 3.63) is 23.5 Å². The molecule has 2 fully saturated rings. The van der Waals surface area contributed by atoms with Crippen LogP contribution in [0.2, 0.25) is 0 Å². The highest BCUT2D eigenvalue weighted by Gasteiger charge is 2.34. The number of carbonyl (C=O) groups is 2. The normalized spacial score (nSPS) is 25.1. The Balaban J connectivity index is 1.59. The summed E-state index contributed by atoms with van der Waals surface area (Å²) in [5.41, 5.74) is 1.62. The van der Waals surface area contributed by atoms with Crippen LogP contribution in [0.25, 0.3) is 0 Å². The van der Waals surface area contributed by atoms with E-state index >= 15 is 0 Å². The molecule has 3 rings (SSSR count). The molecule has 2 atom stereocenters. The Labute approximate surface area is 129 Å². The lowest BCUT2D eigenvalue weighted by atomic mass is 9.91. The molecular weight excluding hydrogens is 284 g/mol. The van der Waals surface area contributed by atoms with Crippen molar-refractivity contribution in [2.45, 2.75) is 19.0 Å². The smallest absolute Gasteiger partial charge is 0.407 e. The first kappa shape index (κ1) is 14.9. The second-order valence-electron chi connectivity index (χ2n) is 6.23. The maximum Gasteiger partial charge on any atom is 0.407 e. The first-order chi connectivity index (χ1) is 10.5. The number of amides is 2. The van der Waals surface area contributed by atoms with E-state index in [9.17, 15) is 9.59 Å². The van der Waals surface area contributed by atoms with E-state index in [0.717, 1.165) is 31.7 Å². The number of H-pyrrole nitrogens is 1. The average Bonchev–Trinajstić information content (AvgIpc) is 2.94. The molecule has 1 aromatic rings. The second-order valence-corrected chi connectivity index (χ2v) is 6.23. The summed E-state index contributed by atoms with van der Waals surface area (Å²) in [4.78, 5) is 30.2. The first-order valence-electron chi connectivity index (χ1n) is 7.58. The van der Waals surface area contributed by atoms with Crippen LogP contribution in [0.1, 0.15) is 22.6 Å². The van der Waals surface area contributed by atoms with Crippen molar-refractivity contribution >= 4 is 12.0 Å². The van der Waals surface area contributed by atoms with Crippen molar-refractivity contribution < 1.29 is 14.3 Å². The highest BCUT2D eigenvalue weighted by Crippen LogP contribution is 2.22. The Kier molecular flexibility index (Phi) is 4.06.